The first-order chi connectivity index (χ1) is 12.0. The van der Waals surface area contributed by atoms with E-state index in [2.05, 4.69) is 18.7 Å². The van der Waals surface area contributed by atoms with Crippen molar-refractivity contribution in [2.45, 2.75) is 23.6 Å². The number of nitrogens with zero attached hydrogens (tertiary/aromatic N) is 1. The van der Waals surface area contributed by atoms with Gasteiger partial charge in [0.15, 0.2) is 0 Å². The number of sulfone groups is 1. The zero-order valence-corrected chi connectivity index (χ0v) is 15.0. The van der Waals surface area contributed by atoms with E-state index in [1.54, 1.807) is 18.2 Å². The fraction of sp³-hybridized carbons (Fsp3) is 0.211. The molecule has 1 N–H and O–H groups in total. The molecule has 0 fully saturated rings. The summed E-state index contributed by atoms with van der Waals surface area (Å²) in [6, 6.07) is 15.2. The van der Waals surface area contributed by atoms with Crippen LogP contribution in [0.15, 0.2) is 68.8 Å². The molecule has 0 aliphatic heterocycles. The Morgan fingerprint density at radius 2 is 1.68 bits per heavy atom. The lowest BCUT2D eigenvalue weighted by Gasteiger charge is -2.21. The Morgan fingerprint density at radius 1 is 1.00 bits per heavy atom. The van der Waals surface area contributed by atoms with Crippen molar-refractivity contribution in [2.75, 3.05) is 18.0 Å². The largest absolute Gasteiger partial charge is 0.438 e. The second kappa shape index (κ2) is 6.72. The van der Waals surface area contributed by atoms with Crippen molar-refractivity contribution in [1.82, 2.24) is 0 Å². The predicted molar refractivity (Wildman–Crippen MR) is 97.5 cm³/mol. The SMILES string of the molecule is CCN(CC)c1ccc2cc(S(=O)(=O)c3ccccc3)c(=N)oc2c1. The maximum absolute atomic E-state index is 12.8. The Hall–Kier alpha value is -2.60. The summed E-state index contributed by atoms with van der Waals surface area (Å²) in [6.07, 6.45) is 0. The topological polar surface area (TPSA) is 74.4 Å². The number of hydrogen-bond donors (Lipinski definition) is 1. The molecule has 0 unspecified atom stereocenters. The number of hydrogen-bond acceptors (Lipinski definition) is 5. The second-order valence-corrected chi connectivity index (χ2v) is 7.57. The number of benzene rings is 2. The Kier molecular flexibility index (Phi) is 4.63. The molecule has 0 aliphatic rings. The third kappa shape index (κ3) is 3.17. The van der Waals surface area contributed by atoms with E-state index in [9.17, 15) is 8.42 Å². The summed E-state index contributed by atoms with van der Waals surface area (Å²) < 4.78 is 31.1. The van der Waals surface area contributed by atoms with Crippen LogP contribution in [0.25, 0.3) is 11.0 Å². The van der Waals surface area contributed by atoms with Gasteiger partial charge in [0.1, 0.15) is 10.5 Å². The Labute approximate surface area is 147 Å². The highest BCUT2D eigenvalue weighted by molar-refractivity contribution is 7.91. The van der Waals surface area contributed by atoms with Crippen LogP contribution >= 0.6 is 0 Å². The number of fused-ring (bicyclic) bond motifs is 1. The van der Waals surface area contributed by atoms with Gasteiger partial charge in [-0.15, -0.1) is 0 Å². The number of nitrogens with one attached hydrogen (secondary N) is 1. The van der Waals surface area contributed by atoms with Crippen LogP contribution in [0.1, 0.15) is 13.8 Å². The van der Waals surface area contributed by atoms with Gasteiger partial charge in [0, 0.05) is 30.2 Å². The summed E-state index contributed by atoms with van der Waals surface area (Å²) in [6.45, 7) is 5.85. The van der Waals surface area contributed by atoms with Gasteiger partial charge in [-0.05, 0) is 44.2 Å². The first kappa shape index (κ1) is 17.2. The number of anilines is 1. The van der Waals surface area contributed by atoms with Crippen LogP contribution in [0.3, 0.4) is 0 Å². The van der Waals surface area contributed by atoms with Gasteiger partial charge in [0.2, 0.25) is 15.4 Å². The van der Waals surface area contributed by atoms with Crippen LogP contribution in [-0.2, 0) is 9.84 Å². The molecule has 0 radical (unpaired) electrons. The number of rotatable bonds is 5. The van der Waals surface area contributed by atoms with Crippen LogP contribution in [0, 0.1) is 5.41 Å². The van der Waals surface area contributed by atoms with Gasteiger partial charge in [-0.1, -0.05) is 18.2 Å². The van der Waals surface area contributed by atoms with E-state index in [4.69, 9.17) is 9.83 Å². The van der Waals surface area contributed by atoms with Crippen molar-refractivity contribution >= 4 is 26.5 Å². The molecule has 0 saturated carbocycles. The Morgan fingerprint density at radius 3 is 2.32 bits per heavy atom. The minimum Gasteiger partial charge on any atom is -0.438 e. The lowest BCUT2D eigenvalue weighted by molar-refractivity contribution is 0.506. The van der Waals surface area contributed by atoms with E-state index in [1.165, 1.54) is 18.2 Å². The van der Waals surface area contributed by atoms with Gasteiger partial charge >= 0.3 is 0 Å². The van der Waals surface area contributed by atoms with Crippen LogP contribution in [0.2, 0.25) is 0 Å². The van der Waals surface area contributed by atoms with Gasteiger partial charge in [-0.2, -0.15) is 0 Å². The van der Waals surface area contributed by atoms with Crippen LogP contribution in [-0.4, -0.2) is 21.5 Å². The molecule has 3 rings (SSSR count). The minimum absolute atomic E-state index is 0.123. The zero-order valence-electron chi connectivity index (χ0n) is 14.2. The zero-order chi connectivity index (χ0) is 18.0. The van der Waals surface area contributed by atoms with Crippen molar-refractivity contribution in [3.05, 3.63) is 60.2 Å². The molecule has 0 saturated heterocycles. The third-order valence-corrected chi connectivity index (χ3v) is 5.97. The predicted octanol–water partition coefficient (Wildman–Crippen LogP) is 3.59. The first-order valence-corrected chi connectivity index (χ1v) is 9.63. The third-order valence-electron chi connectivity index (χ3n) is 4.19. The standard InChI is InChI=1S/C19H20N2O3S/c1-3-21(4-2)15-11-10-14-12-18(19(20)24-17(14)13-15)25(22,23)16-8-6-5-7-9-16/h5-13,20H,3-4H2,1-2H3. The van der Waals surface area contributed by atoms with E-state index in [0.717, 1.165) is 18.8 Å². The van der Waals surface area contributed by atoms with Crippen LogP contribution in [0.5, 0.6) is 0 Å². The molecule has 2 aromatic carbocycles. The minimum atomic E-state index is -3.79. The Bertz CT molecular complexity index is 1050. The summed E-state index contributed by atoms with van der Waals surface area (Å²) in [5.74, 6) is 0. The molecule has 25 heavy (non-hydrogen) atoms. The molecule has 1 aromatic heterocycles. The average Bonchev–Trinajstić information content (AvgIpc) is 2.62. The normalized spacial score (nSPS) is 11.6. The highest BCUT2D eigenvalue weighted by Gasteiger charge is 2.21. The molecule has 0 spiro atoms. The lowest BCUT2D eigenvalue weighted by Crippen LogP contribution is -2.21. The molecule has 0 amide bonds. The molecular weight excluding hydrogens is 336 g/mol. The van der Waals surface area contributed by atoms with E-state index >= 15 is 0 Å². The van der Waals surface area contributed by atoms with Gasteiger partial charge < -0.3 is 9.32 Å². The summed E-state index contributed by atoms with van der Waals surface area (Å²) >= 11 is 0. The molecule has 3 aromatic rings. The van der Waals surface area contributed by atoms with Crippen molar-refractivity contribution in [3.8, 4) is 0 Å². The first-order valence-electron chi connectivity index (χ1n) is 8.15. The molecule has 5 nitrogen and oxygen atoms in total. The monoisotopic (exact) mass is 356 g/mol. The van der Waals surface area contributed by atoms with Crippen molar-refractivity contribution in [1.29, 1.82) is 5.41 Å². The van der Waals surface area contributed by atoms with Crippen LogP contribution < -0.4 is 10.5 Å². The van der Waals surface area contributed by atoms with Crippen LogP contribution in [0.4, 0.5) is 5.69 Å². The fourth-order valence-electron chi connectivity index (χ4n) is 2.81. The molecule has 6 heteroatoms. The van der Waals surface area contributed by atoms with E-state index in [1.807, 2.05) is 18.2 Å². The molecule has 1 heterocycles. The highest BCUT2D eigenvalue weighted by atomic mass is 32.2. The molecule has 0 bridgehead atoms. The van der Waals surface area contributed by atoms with Gasteiger partial charge in [-0.25, -0.2) is 8.42 Å². The quantitative estimate of drug-likeness (QED) is 0.758. The van der Waals surface area contributed by atoms with Gasteiger partial charge in [0.05, 0.1) is 4.90 Å². The van der Waals surface area contributed by atoms with Crippen molar-refractivity contribution in [2.24, 2.45) is 0 Å². The van der Waals surface area contributed by atoms with Gasteiger partial charge in [-0.3, -0.25) is 5.41 Å². The second-order valence-electron chi connectivity index (χ2n) is 5.65. The summed E-state index contributed by atoms with van der Waals surface area (Å²) in [7, 11) is -3.79. The van der Waals surface area contributed by atoms with E-state index in [-0.39, 0.29) is 15.3 Å². The van der Waals surface area contributed by atoms with Gasteiger partial charge in [0.25, 0.3) is 0 Å². The summed E-state index contributed by atoms with van der Waals surface area (Å²) in [5, 5.41) is 8.72. The lowest BCUT2D eigenvalue weighted by atomic mass is 10.2. The average molecular weight is 356 g/mol. The molecule has 0 aliphatic carbocycles. The maximum Gasteiger partial charge on any atom is 0.231 e. The highest BCUT2D eigenvalue weighted by Crippen LogP contribution is 2.25. The smallest absolute Gasteiger partial charge is 0.231 e. The van der Waals surface area contributed by atoms with Crippen molar-refractivity contribution < 1.29 is 12.8 Å². The fourth-order valence-corrected chi connectivity index (χ4v) is 4.15. The Balaban J connectivity index is 2.15. The molecular formula is C19H20N2O3S. The molecule has 130 valence electrons. The molecule has 0 atom stereocenters. The van der Waals surface area contributed by atoms with E-state index in [0.29, 0.717) is 11.0 Å². The maximum atomic E-state index is 12.8. The van der Waals surface area contributed by atoms with E-state index < -0.39 is 9.84 Å². The van der Waals surface area contributed by atoms with Crippen molar-refractivity contribution in [3.63, 3.8) is 0 Å². The summed E-state index contributed by atoms with van der Waals surface area (Å²) in [4.78, 5) is 2.19. The summed E-state index contributed by atoms with van der Waals surface area (Å²) in [5.41, 5.74) is 1.13.